The molecule has 0 aliphatic carbocycles. The number of carbonyl (C=O) groups excluding carboxylic acids is 1. The molecule has 0 N–H and O–H groups in total. The third-order valence-corrected chi connectivity index (χ3v) is 4.08. The summed E-state index contributed by atoms with van der Waals surface area (Å²) >= 11 is 0. The van der Waals surface area contributed by atoms with Crippen molar-refractivity contribution in [3.05, 3.63) is 70.1 Å². The van der Waals surface area contributed by atoms with Crippen LogP contribution in [0.4, 0.5) is 0 Å². The predicted molar refractivity (Wildman–Crippen MR) is 99.3 cm³/mol. The lowest BCUT2D eigenvalue weighted by Gasteiger charge is -2.09. The van der Waals surface area contributed by atoms with E-state index in [9.17, 15) is 9.59 Å². The number of aryl methyl sites for hydroxylation is 1. The van der Waals surface area contributed by atoms with Crippen LogP contribution in [0, 0.1) is 0 Å². The summed E-state index contributed by atoms with van der Waals surface area (Å²) in [6.45, 7) is 1.94. The molecule has 0 unspecified atom stereocenters. The molecule has 0 atom stereocenters. The average molecular weight is 352 g/mol. The summed E-state index contributed by atoms with van der Waals surface area (Å²) in [5, 5.41) is 0.887. The molecule has 3 aromatic rings. The molecular weight excluding hydrogens is 332 g/mol. The molecule has 0 bridgehead atoms. The number of Topliss-reactive ketones (excluding diaryl/α,β-unsaturated/α-hetero) is 1. The van der Waals surface area contributed by atoms with Crippen LogP contribution in [0.3, 0.4) is 0 Å². The maximum atomic E-state index is 12.3. The molecule has 2 aromatic carbocycles. The number of hydrogen-bond donors (Lipinski definition) is 0. The van der Waals surface area contributed by atoms with Crippen LogP contribution >= 0.6 is 0 Å². The molecule has 0 saturated carbocycles. The van der Waals surface area contributed by atoms with E-state index in [0.29, 0.717) is 22.6 Å². The molecule has 3 rings (SSSR count). The summed E-state index contributed by atoms with van der Waals surface area (Å²) in [7, 11) is 1.55. The summed E-state index contributed by atoms with van der Waals surface area (Å²) in [6, 6.07) is 13.7. The smallest absolute Gasteiger partial charge is 0.336 e. The minimum Gasteiger partial charge on any atom is -0.497 e. The zero-order chi connectivity index (χ0) is 18.5. The van der Waals surface area contributed by atoms with Crippen molar-refractivity contribution >= 4 is 16.8 Å². The van der Waals surface area contributed by atoms with Crippen LogP contribution in [-0.2, 0) is 6.42 Å². The van der Waals surface area contributed by atoms with Crippen LogP contribution in [0.25, 0.3) is 11.0 Å². The molecule has 26 heavy (non-hydrogen) atoms. The van der Waals surface area contributed by atoms with Gasteiger partial charge in [0.2, 0.25) is 0 Å². The number of carbonyl (C=O) groups is 1. The molecule has 1 aromatic heterocycles. The van der Waals surface area contributed by atoms with E-state index in [1.165, 1.54) is 6.07 Å². The monoisotopic (exact) mass is 352 g/mol. The minimum absolute atomic E-state index is 0.114. The van der Waals surface area contributed by atoms with Gasteiger partial charge in [-0.15, -0.1) is 0 Å². The number of fused-ring (bicyclic) bond motifs is 1. The first-order valence-corrected chi connectivity index (χ1v) is 8.47. The van der Waals surface area contributed by atoms with Crippen molar-refractivity contribution in [3.8, 4) is 11.5 Å². The SMILES string of the molecule is CCCc1cc(=O)oc2cc(OCC(=O)c3cccc(OC)c3)ccc12. The predicted octanol–water partition coefficient (Wildman–Crippen LogP) is 4.02. The highest BCUT2D eigenvalue weighted by molar-refractivity contribution is 5.97. The Balaban J connectivity index is 1.78. The van der Waals surface area contributed by atoms with Crippen LogP contribution in [0.2, 0.25) is 0 Å². The lowest BCUT2D eigenvalue weighted by atomic mass is 10.1. The van der Waals surface area contributed by atoms with Gasteiger partial charge in [0.15, 0.2) is 12.4 Å². The lowest BCUT2D eigenvalue weighted by Crippen LogP contribution is -2.11. The molecule has 0 radical (unpaired) electrons. The first-order chi connectivity index (χ1) is 12.6. The number of methoxy groups -OCH3 is 1. The van der Waals surface area contributed by atoms with E-state index >= 15 is 0 Å². The summed E-state index contributed by atoms with van der Waals surface area (Å²) in [5.41, 5.74) is 1.55. The van der Waals surface area contributed by atoms with Crippen molar-refractivity contribution in [1.82, 2.24) is 0 Å². The van der Waals surface area contributed by atoms with Gasteiger partial charge in [0.05, 0.1) is 7.11 Å². The van der Waals surface area contributed by atoms with Gasteiger partial charge in [0.25, 0.3) is 0 Å². The molecule has 5 heteroatoms. The molecular formula is C21H20O5. The van der Waals surface area contributed by atoms with Gasteiger partial charge in [-0.2, -0.15) is 0 Å². The second-order valence-electron chi connectivity index (χ2n) is 5.94. The third-order valence-electron chi connectivity index (χ3n) is 4.08. The Bertz CT molecular complexity index is 987. The standard InChI is InChI=1S/C21H20O5/c1-3-5-14-11-21(23)26-20-12-17(8-9-18(14)20)25-13-19(22)15-6-4-7-16(10-15)24-2/h4,6-12H,3,5,13H2,1-2H3. The first-order valence-electron chi connectivity index (χ1n) is 8.47. The highest BCUT2D eigenvalue weighted by atomic mass is 16.5. The van der Waals surface area contributed by atoms with E-state index in [2.05, 4.69) is 6.92 Å². The normalized spacial score (nSPS) is 10.7. The Hall–Kier alpha value is -3.08. The summed E-state index contributed by atoms with van der Waals surface area (Å²) in [4.78, 5) is 24.0. The van der Waals surface area contributed by atoms with Crippen LogP contribution in [0.1, 0.15) is 29.3 Å². The Kier molecular flexibility index (Phi) is 5.37. The van der Waals surface area contributed by atoms with Gasteiger partial charge in [0.1, 0.15) is 17.1 Å². The van der Waals surface area contributed by atoms with Gasteiger partial charge in [-0.25, -0.2) is 4.79 Å². The molecule has 0 fully saturated rings. The third kappa shape index (κ3) is 3.94. The molecule has 0 saturated heterocycles. The summed E-state index contributed by atoms with van der Waals surface area (Å²) in [5.74, 6) is 0.933. The Morgan fingerprint density at radius 2 is 1.92 bits per heavy atom. The second-order valence-corrected chi connectivity index (χ2v) is 5.94. The van der Waals surface area contributed by atoms with E-state index < -0.39 is 0 Å². The zero-order valence-corrected chi connectivity index (χ0v) is 14.8. The van der Waals surface area contributed by atoms with Gasteiger partial charge in [-0.1, -0.05) is 25.5 Å². The van der Waals surface area contributed by atoms with Crippen LogP contribution < -0.4 is 15.1 Å². The number of hydrogen-bond acceptors (Lipinski definition) is 5. The zero-order valence-electron chi connectivity index (χ0n) is 14.8. The van der Waals surface area contributed by atoms with E-state index in [1.807, 2.05) is 6.07 Å². The molecule has 0 aliphatic rings. The Morgan fingerprint density at radius 1 is 1.08 bits per heavy atom. The largest absolute Gasteiger partial charge is 0.497 e. The van der Waals surface area contributed by atoms with Gasteiger partial charge >= 0.3 is 5.63 Å². The summed E-state index contributed by atoms with van der Waals surface area (Å²) < 4.78 is 16.0. The van der Waals surface area contributed by atoms with Crippen LogP contribution in [0.5, 0.6) is 11.5 Å². The van der Waals surface area contributed by atoms with Crippen molar-refractivity contribution in [2.45, 2.75) is 19.8 Å². The molecule has 134 valence electrons. The highest BCUT2D eigenvalue weighted by Gasteiger charge is 2.10. The number of ether oxygens (including phenoxy) is 2. The van der Waals surface area contributed by atoms with E-state index in [0.717, 1.165) is 23.8 Å². The molecule has 0 spiro atoms. The van der Waals surface area contributed by atoms with Crippen molar-refractivity contribution in [2.24, 2.45) is 0 Å². The fraction of sp³-hybridized carbons (Fsp3) is 0.238. The minimum atomic E-state index is -0.384. The molecule has 0 aliphatic heterocycles. The maximum Gasteiger partial charge on any atom is 0.336 e. The number of ketones is 1. The van der Waals surface area contributed by atoms with Gasteiger partial charge in [-0.3, -0.25) is 4.79 Å². The molecule has 5 nitrogen and oxygen atoms in total. The first kappa shape index (κ1) is 17.7. The maximum absolute atomic E-state index is 12.3. The number of benzene rings is 2. The summed E-state index contributed by atoms with van der Waals surface area (Å²) in [6.07, 6.45) is 1.74. The van der Waals surface area contributed by atoms with Gasteiger partial charge in [0, 0.05) is 23.1 Å². The number of rotatable bonds is 7. The lowest BCUT2D eigenvalue weighted by molar-refractivity contribution is 0.0921. The van der Waals surface area contributed by atoms with E-state index in [1.54, 1.807) is 43.5 Å². The topological polar surface area (TPSA) is 65.7 Å². The fourth-order valence-corrected chi connectivity index (χ4v) is 2.80. The molecule has 1 heterocycles. The van der Waals surface area contributed by atoms with Crippen molar-refractivity contribution in [1.29, 1.82) is 0 Å². The van der Waals surface area contributed by atoms with Gasteiger partial charge < -0.3 is 13.9 Å². The van der Waals surface area contributed by atoms with Crippen molar-refractivity contribution in [3.63, 3.8) is 0 Å². The van der Waals surface area contributed by atoms with Crippen LogP contribution in [-0.4, -0.2) is 19.5 Å². The average Bonchev–Trinajstić information content (AvgIpc) is 2.66. The van der Waals surface area contributed by atoms with E-state index in [4.69, 9.17) is 13.9 Å². The van der Waals surface area contributed by atoms with E-state index in [-0.39, 0.29) is 18.0 Å². The van der Waals surface area contributed by atoms with Crippen molar-refractivity contribution in [2.75, 3.05) is 13.7 Å². The van der Waals surface area contributed by atoms with Gasteiger partial charge in [-0.05, 0) is 36.2 Å². The highest BCUT2D eigenvalue weighted by Crippen LogP contribution is 2.24. The Labute approximate surface area is 151 Å². The fourth-order valence-electron chi connectivity index (χ4n) is 2.80. The van der Waals surface area contributed by atoms with Crippen molar-refractivity contribution < 1.29 is 18.7 Å². The second kappa shape index (κ2) is 7.87. The quantitative estimate of drug-likeness (QED) is 0.475. The Morgan fingerprint density at radius 3 is 2.69 bits per heavy atom. The van der Waals surface area contributed by atoms with Crippen LogP contribution in [0.15, 0.2) is 57.7 Å². The molecule has 0 amide bonds.